The number of alkyl halides is 2. The summed E-state index contributed by atoms with van der Waals surface area (Å²) in [6, 6.07) is 0. The third-order valence-electron chi connectivity index (χ3n) is 1.68. The van der Waals surface area contributed by atoms with Crippen molar-refractivity contribution in [3.63, 3.8) is 0 Å². The Labute approximate surface area is 101 Å². The fourth-order valence-electron chi connectivity index (χ4n) is 1.00. The number of nitrogens with zero attached hydrogens (tertiary/aromatic N) is 2. The molecule has 1 aromatic rings. The van der Waals surface area contributed by atoms with Crippen molar-refractivity contribution in [1.82, 2.24) is 4.98 Å². The van der Waals surface area contributed by atoms with E-state index in [0.717, 1.165) is 0 Å². The highest BCUT2D eigenvalue weighted by molar-refractivity contribution is 14.1. The second kappa shape index (κ2) is 4.63. The Kier molecular flexibility index (Phi) is 3.67. The van der Waals surface area contributed by atoms with E-state index in [0.29, 0.717) is 6.20 Å². The smallest absolute Gasteiger partial charge is 0.365 e. The van der Waals surface area contributed by atoms with E-state index in [9.17, 15) is 23.7 Å². The Morgan fingerprint density at radius 2 is 2.19 bits per heavy atom. The molecule has 0 aliphatic carbocycles. The van der Waals surface area contributed by atoms with Gasteiger partial charge in [-0.25, -0.2) is 8.78 Å². The van der Waals surface area contributed by atoms with Crippen molar-refractivity contribution in [3.05, 3.63) is 31.0 Å². The summed E-state index contributed by atoms with van der Waals surface area (Å²) in [5, 5.41) is 10.5. The van der Waals surface area contributed by atoms with Crippen LogP contribution < -0.4 is 5.73 Å². The summed E-state index contributed by atoms with van der Waals surface area (Å²) >= 11 is 1.41. The largest absolute Gasteiger partial charge is 0.377 e. The molecule has 0 radical (unpaired) electrons. The molecule has 0 aliphatic heterocycles. The monoisotopic (exact) mass is 343 g/mol. The summed E-state index contributed by atoms with van der Waals surface area (Å²) in [6.45, 7) is 0. The minimum Gasteiger partial charge on any atom is -0.365 e. The minimum atomic E-state index is -2.88. The fraction of sp³-hybridized carbons (Fsp3) is 0.143. The predicted octanol–water partition coefficient (Wildman–Crippen LogP) is 1.63. The Morgan fingerprint density at radius 3 is 2.56 bits per heavy atom. The van der Waals surface area contributed by atoms with Crippen LogP contribution >= 0.6 is 22.6 Å². The number of amides is 1. The molecule has 1 heterocycles. The van der Waals surface area contributed by atoms with Gasteiger partial charge in [-0.1, -0.05) is 0 Å². The van der Waals surface area contributed by atoms with Crippen molar-refractivity contribution in [2.75, 3.05) is 0 Å². The summed E-state index contributed by atoms with van der Waals surface area (Å²) in [5.74, 6) is -1.98. The van der Waals surface area contributed by atoms with E-state index in [1.54, 1.807) is 0 Å². The van der Waals surface area contributed by atoms with Crippen molar-refractivity contribution >= 4 is 34.3 Å². The van der Waals surface area contributed by atoms with Crippen molar-refractivity contribution in [3.8, 4) is 0 Å². The Bertz CT molecular complexity index is 466. The third-order valence-corrected chi connectivity index (χ3v) is 2.84. The summed E-state index contributed by atoms with van der Waals surface area (Å²) in [5.41, 5.74) is 3.74. The number of hydrogen-bond acceptors (Lipinski definition) is 4. The van der Waals surface area contributed by atoms with Crippen LogP contribution in [0.5, 0.6) is 0 Å². The SMILES string of the molecule is NC(=O)c1c([N+](=O)[O-])ncc(C(F)F)c1I. The van der Waals surface area contributed by atoms with Gasteiger partial charge in [-0.3, -0.25) is 4.79 Å². The first-order valence-electron chi connectivity index (χ1n) is 3.77. The van der Waals surface area contributed by atoms with Gasteiger partial charge in [0.2, 0.25) is 0 Å². The lowest BCUT2D eigenvalue weighted by Crippen LogP contribution is -2.17. The molecule has 1 aromatic heterocycles. The van der Waals surface area contributed by atoms with Crippen LogP contribution in [0.2, 0.25) is 0 Å². The predicted molar refractivity (Wildman–Crippen MR) is 57.1 cm³/mol. The van der Waals surface area contributed by atoms with Crippen molar-refractivity contribution in [2.24, 2.45) is 5.73 Å². The molecular formula is C7H4F2IN3O3. The van der Waals surface area contributed by atoms with E-state index in [1.165, 1.54) is 22.6 Å². The standard InChI is InChI=1S/C7H4F2IN3O3/c8-5(9)2-1-12-7(13(15)16)3(4(2)10)6(11)14/h1,5H,(H2,11,14). The molecule has 0 saturated carbocycles. The average Bonchev–Trinajstić information content (AvgIpc) is 2.15. The van der Waals surface area contributed by atoms with Gasteiger partial charge in [0.05, 0.1) is 5.56 Å². The van der Waals surface area contributed by atoms with Crippen molar-refractivity contribution in [1.29, 1.82) is 0 Å². The van der Waals surface area contributed by atoms with Gasteiger partial charge >= 0.3 is 5.82 Å². The van der Waals surface area contributed by atoms with E-state index in [1.807, 2.05) is 0 Å². The van der Waals surface area contributed by atoms with E-state index >= 15 is 0 Å². The van der Waals surface area contributed by atoms with Crippen LogP contribution in [0.15, 0.2) is 6.20 Å². The quantitative estimate of drug-likeness (QED) is 0.512. The minimum absolute atomic E-state index is 0.248. The maximum atomic E-state index is 12.4. The molecule has 0 fully saturated rings. The van der Waals surface area contributed by atoms with Gasteiger partial charge < -0.3 is 15.8 Å². The first-order chi connectivity index (χ1) is 7.36. The summed E-state index contributed by atoms with van der Waals surface area (Å²) in [7, 11) is 0. The number of pyridine rings is 1. The molecule has 1 rings (SSSR count). The molecule has 86 valence electrons. The van der Waals surface area contributed by atoms with Crippen LogP contribution in [0.3, 0.4) is 0 Å². The molecule has 6 nitrogen and oxygen atoms in total. The van der Waals surface area contributed by atoms with Gasteiger partial charge in [-0.2, -0.15) is 0 Å². The second-order valence-corrected chi connectivity index (χ2v) is 3.73. The number of rotatable bonds is 3. The van der Waals surface area contributed by atoms with E-state index in [2.05, 4.69) is 4.98 Å². The molecule has 16 heavy (non-hydrogen) atoms. The second-order valence-electron chi connectivity index (χ2n) is 2.65. The summed E-state index contributed by atoms with van der Waals surface area (Å²) < 4.78 is 24.6. The molecule has 0 bridgehead atoms. The Morgan fingerprint density at radius 1 is 1.62 bits per heavy atom. The third kappa shape index (κ3) is 2.23. The highest BCUT2D eigenvalue weighted by atomic mass is 127. The molecule has 1 amide bonds. The zero-order chi connectivity index (χ0) is 12.5. The van der Waals surface area contributed by atoms with Crippen LogP contribution in [0.4, 0.5) is 14.6 Å². The number of hydrogen-bond donors (Lipinski definition) is 1. The topological polar surface area (TPSA) is 99.1 Å². The number of primary amides is 1. The number of nitro groups is 1. The molecule has 0 saturated heterocycles. The van der Waals surface area contributed by atoms with Gasteiger partial charge in [0, 0.05) is 3.57 Å². The maximum Gasteiger partial charge on any atom is 0.377 e. The van der Waals surface area contributed by atoms with Gasteiger partial charge in [0.15, 0.2) is 5.56 Å². The molecule has 0 spiro atoms. The number of halogens is 3. The molecule has 0 atom stereocenters. The lowest BCUT2D eigenvalue weighted by molar-refractivity contribution is -0.389. The van der Waals surface area contributed by atoms with Crippen LogP contribution in [0.25, 0.3) is 0 Å². The van der Waals surface area contributed by atoms with Crippen LogP contribution in [0.1, 0.15) is 22.3 Å². The van der Waals surface area contributed by atoms with E-state index in [-0.39, 0.29) is 3.57 Å². The number of aromatic nitrogens is 1. The van der Waals surface area contributed by atoms with Gasteiger partial charge in [-0.05, 0) is 32.5 Å². The normalized spacial score (nSPS) is 10.5. The zero-order valence-corrected chi connectivity index (χ0v) is 9.64. The molecular weight excluding hydrogens is 339 g/mol. The van der Waals surface area contributed by atoms with Gasteiger partial charge in [0.25, 0.3) is 12.3 Å². The van der Waals surface area contributed by atoms with E-state index in [4.69, 9.17) is 5.73 Å². The molecule has 0 unspecified atom stereocenters. The number of carbonyl (C=O) groups is 1. The Hall–Kier alpha value is -1.39. The van der Waals surface area contributed by atoms with Crippen LogP contribution in [-0.2, 0) is 0 Å². The molecule has 0 aliphatic rings. The lowest BCUT2D eigenvalue weighted by atomic mass is 10.2. The van der Waals surface area contributed by atoms with E-state index < -0.39 is 34.2 Å². The fourth-order valence-corrected chi connectivity index (χ4v) is 1.89. The molecule has 0 aromatic carbocycles. The average molecular weight is 343 g/mol. The summed E-state index contributed by atoms with van der Waals surface area (Å²) in [6.07, 6.45) is -2.21. The summed E-state index contributed by atoms with van der Waals surface area (Å²) in [4.78, 5) is 23.7. The van der Waals surface area contributed by atoms with Crippen molar-refractivity contribution < 1.29 is 18.5 Å². The van der Waals surface area contributed by atoms with Crippen molar-refractivity contribution in [2.45, 2.75) is 6.43 Å². The number of carbonyl (C=O) groups excluding carboxylic acids is 1. The van der Waals surface area contributed by atoms with Crippen LogP contribution in [0, 0.1) is 13.7 Å². The molecule has 9 heteroatoms. The maximum absolute atomic E-state index is 12.4. The lowest BCUT2D eigenvalue weighted by Gasteiger charge is -2.05. The van der Waals surface area contributed by atoms with Gasteiger partial charge in [-0.15, -0.1) is 0 Å². The zero-order valence-electron chi connectivity index (χ0n) is 7.49. The van der Waals surface area contributed by atoms with Crippen LogP contribution in [-0.4, -0.2) is 15.8 Å². The highest BCUT2D eigenvalue weighted by Gasteiger charge is 2.28. The van der Waals surface area contributed by atoms with Gasteiger partial charge in [0.1, 0.15) is 6.20 Å². The first kappa shape index (κ1) is 12.7. The Balaban J connectivity index is 3.54. The first-order valence-corrected chi connectivity index (χ1v) is 4.84. The highest BCUT2D eigenvalue weighted by Crippen LogP contribution is 2.30. The number of nitrogens with two attached hydrogens (primary N) is 1. The molecule has 2 N–H and O–H groups in total.